The number of rotatable bonds is 3. The molecule has 2 rings (SSSR count). The second-order valence-corrected chi connectivity index (χ2v) is 5.15. The van der Waals surface area contributed by atoms with Crippen LogP contribution in [0.25, 0.3) is 0 Å². The normalized spacial score (nSPS) is 20.8. The lowest BCUT2D eigenvalue weighted by Gasteiger charge is -2.23. The van der Waals surface area contributed by atoms with Gasteiger partial charge in [-0.2, -0.15) is 5.10 Å². The van der Waals surface area contributed by atoms with E-state index in [0.717, 1.165) is 25.8 Å². The zero-order valence-corrected chi connectivity index (χ0v) is 11.0. The Morgan fingerprint density at radius 3 is 2.94 bits per heavy atom. The summed E-state index contributed by atoms with van der Waals surface area (Å²) in [4.78, 5) is 12.4. The van der Waals surface area contributed by atoms with Crippen LogP contribution in [0.4, 0.5) is 0 Å². The van der Waals surface area contributed by atoms with Crippen LogP contribution in [0.15, 0.2) is 6.20 Å². The maximum absolute atomic E-state index is 12.4. The fourth-order valence-corrected chi connectivity index (χ4v) is 2.43. The average Bonchev–Trinajstić information content (AvgIpc) is 2.71. The van der Waals surface area contributed by atoms with Crippen molar-refractivity contribution < 1.29 is 4.79 Å². The molecule has 0 amide bonds. The lowest BCUT2D eigenvalue weighted by molar-refractivity contribution is 0.0914. The van der Waals surface area contributed by atoms with Crippen molar-refractivity contribution in [1.82, 2.24) is 15.1 Å². The summed E-state index contributed by atoms with van der Waals surface area (Å²) >= 11 is 6.07. The van der Waals surface area contributed by atoms with Crippen molar-refractivity contribution in [3.05, 3.63) is 16.9 Å². The van der Waals surface area contributed by atoms with E-state index in [1.807, 2.05) is 13.8 Å². The van der Waals surface area contributed by atoms with Gasteiger partial charge in [0.15, 0.2) is 5.78 Å². The van der Waals surface area contributed by atoms with E-state index < -0.39 is 0 Å². The molecule has 0 radical (unpaired) electrons. The van der Waals surface area contributed by atoms with Crippen molar-refractivity contribution in [3.63, 3.8) is 0 Å². The summed E-state index contributed by atoms with van der Waals surface area (Å²) in [6.45, 7) is 4.90. The Morgan fingerprint density at radius 1 is 1.59 bits per heavy atom. The third kappa shape index (κ3) is 2.53. The number of hydrogen-bond donors (Lipinski definition) is 1. The predicted octanol–water partition coefficient (Wildman–Crippen LogP) is 2.44. The van der Waals surface area contributed by atoms with Crippen molar-refractivity contribution in [3.8, 4) is 0 Å². The molecule has 1 N–H and O–H groups in total. The number of carbonyl (C=O) groups is 1. The molecule has 0 aromatic carbocycles. The Balaban J connectivity index is 2.26. The summed E-state index contributed by atoms with van der Waals surface area (Å²) in [7, 11) is 0. The molecule has 1 aromatic heterocycles. The topological polar surface area (TPSA) is 46.9 Å². The molecule has 0 aliphatic carbocycles. The highest BCUT2D eigenvalue weighted by Gasteiger charge is 2.27. The van der Waals surface area contributed by atoms with Crippen LogP contribution in [0, 0.1) is 0 Å². The zero-order valence-electron chi connectivity index (χ0n) is 10.2. The van der Waals surface area contributed by atoms with Crippen molar-refractivity contribution in [2.75, 3.05) is 6.54 Å². The Morgan fingerprint density at radius 2 is 2.35 bits per heavy atom. The third-order valence-corrected chi connectivity index (χ3v) is 3.38. The molecule has 4 nitrogen and oxygen atoms in total. The quantitative estimate of drug-likeness (QED) is 0.844. The predicted molar refractivity (Wildman–Crippen MR) is 67.6 cm³/mol. The maximum atomic E-state index is 12.4. The first-order valence-corrected chi connectivity index (χ1v) is 6.49. The first-order chi connectivity index (χ1) is 8.11. The van der Waals surface area contributed by atoms with Gasteiger partial charge in [0, 0.05) is 6.04 Å². The van der Waals surface area contributed by atoms with Gasteiger partial charge in [0.2, 0.25) is 0 Å². The summed E-state index contributed by atoms with van der Waals surface area (Å²) in [6, 6.07) is 0.0421. The molecular formula is C12H18ClN3O. The Hall–Kier alpha value is -0.870. The summed E-state index contributed by atoms with van der Waals surface area (Å²) in [5.74, 6) is 0.0703. The summed E-state index contributed by atoms with van der Waals surface area (Å²) < 4.78 is 1.71. The SMILES string of the molecule is CC(C)n1ncc(Cl)c1C(=O)C1CCCCN1. The van der Waals surface area contributed by atoms with Crippen LogP contribution in [0.2, 0.25) is 5.02 Å². The van der Waals surface area contributed by atoms with Gasteiger partial charge in [-0.3, -0.25) is 9.48 Å². The van der Waals surface area contributed by atoms with E-state index in [-0.39, 0.29) is 17.9 Å². The lowest BCUT2D eigenvalue weighted by atomic mass is 9.99. The van der Waals surface area contributed by atoms with E-state index in [9.17, 15) is 4.79 Å². The Kier molecular flexibility index (Phi) is 3.84. The highest BCUT2D eigenvalue weighted by Crippen LogP contribution is 2.22. The van der Waals surface area contributed by atoms with Crippen LogP contribution in [-0.4, -0.2) is 28.2 Å². The molecule has 1 atom stereocenters. The molecule has 17 heavy (non-hydrogen) atoms. The number of piperidine rings is 1. The molecule has 0 bridgehead atoms. The molecule has 1 fully saturated rings. The van der Waals surface area contributed by atoms with Crippen molar-refractivity contribution in [2.45, 2.75) is 45.2 Å². The first kappa shape index (κ1) is 12.6. The van der Waals surface area contributed by atoms with Gasteiger partial charge in [-0.1, -0.05) is 18.0 Å². The first-order valence-electron chi connectivity index (χ1n) is 6.12. The van der Waals surface area contributed by atoms with E-state index in [1.54, 1.807) is 10.9 Å². The smallest absolute Gasteiger partial charge is 0.199 e. The van der Waals surface area contributed by atoms with E-state index >= 15 is 0 Å². The monoisotopic (exact) mass is 255 g/mol. The van der Waals surface area contributed by atoms with Crippen molar-refractivity contribution in [2.24, 2.45) is 0 Å². The van der Waals surface area contributed by atoms with Crippen molar-refractivity contribution >= 4 is 17.4 Å². The van der Waals surface area contributed by atoms with E-state index in [4.69, 9.17) is 11.6 Å². The second kappa shape index (κ2) is 5.19. The molecule has 0 saturated carbocycles. The number of ketones is 1. The van der Waals surface area contributed by atoms with Gasteiger partial charge in [-0.25, -0.2) is 0 Å². The van der Waals surface area contributed by atoms with Crippen LogP contribution in [0.3, 0.4) is 0 Å². The highest BCUT2D eigenvalue weighted by molar-refractivity contribution is 6.33. The molecule has 5 heteroatoms. The van der Waals surface area contributed by atoms with Gasteiger partial charge >= 0.3 is 0 Å². The largest absolute Gasteiger partial charge is 0.307 e. The number of carbonyl (C=O) groups excluding carboxylic acids is 1. The lowest BCUT2D eigenvalue weighted by Crippen LogP contribution is -2.41. The average molecular weight is 256 g/mol. The van der Waals surface area contributed by atoms with Gasteiger partial charge < -0.3 is 5.32 Å². The van der Waals surface area contributed by atoms with Gasteiger partial charge in [0.05, 0.1) is 17.3 Å². The van der Waals surface area contributed by atoms with E-state index in [2.05, 4.69) is 10.4 Å². The number of nitrogens with zero attached hydrogens (tertiary/aromatic N) is 2. The third-order valence-electron chi connectivity index (χ3n) is 3.10. The number of aromatic nitrogens is 2. The maximum Gasteiger partial charge on any atom is 0.199 e. The fourth-order valence-electron chi connectivity index (χ4n) is 2.20. The Labute approximate surface area is 106 Å². The summed E-state index contributed by atoms with van der Waals surface area (Å²) in [5, 5.41) is 7.87. The number of halogens is 1. The van der Waals surface area contributed by atoms with Gasteiger partial charge in [-0.15, -0.1) is 0 Å². The molecule has 1 aliphatic heterocycles. The highest BCUT2D eigenvalue weighted by atomic mass is 35.5. The number of hydrogen-bond acceptors (Lipinski definition) is 3. The summed E-state index contributed by atoms with van der Waals surface area (Å²) in [6.07, 6.45) is 4.67. The van der Waals surface area contributed by atoms with Crippen LogP contribution < -0.4 is 5.32 Å². The van der Waals surface area contributed by atoms with Crippen LogP contribution in [0.5, 0.6) is 0 Å². The zero-order chi connectivity index (χ0) is 12.4. The molecule has 1 aliphatic rings. The molecule has 0 spiro atoms. The minimum atomic E-state index is -0.101. The molecule has 1 aromatic rings. The fraction of sp³-hybridized carbons (Fsp3) is 0.667. The molecule has 2 heterocycles. The standard InChI is InChI=1S/C12H18ClN3O/c1-8(2)16-11(9(13)7-15-16)12(17)10-5-3-4-6-14-10/h7-8,10,14H,3-6H2,1-2H3. The minimum absolute atomic E-state index is 0.0703. The molecule has 94 valence electrons. The molecule has 1 saturated heterocycles. The van der Waals surface area contributed by atoms with Gasteiger partial charge in [-0.05, 0) is 33.2 Å². The second-order valence-electron chi connectivity index (χ2n) is 4.75. The number of Topliss-reactive ketones (excluding diaryl/α,β-unsaturated/α-hetero) is 1. The van der Waals surface area contributed by atoms with Gasteiger partial charge in [0.25, 0.3) is 0 Å². The molecule has 1 unspecified atom stereocenters. The van der Waals surface area contributed by atoms with Crippen molar-refractivity contribution in [1.29, 1.82) is 0 Å². The summed E-state index contributed by atoms with van der Waals surface area (Å²) in [5.41, 5.74) is 0.543. The van der Waals surface area contributed by atoms with Gasteiger partial charge in [0.1, 0.15) is 5.69 Å². The van der Waals surface area contributed by atoms with Crippen LogP contribution >= 0.6 is 11.6 Å². The minimum Gasteiger partial charge on any atom is -0.307 e. The number of nitrogens with one attached hydrogen (secondary N) is 1. The molecular weight excluding hydrogens is 238 g/mol. The van der Waals surface area contributed by atoms with E-state index in [0.29, 0.717) is 10.7 Å². The van der Waals surface area contributed by atoms with E-state index in [1.165, 1.54) is 0 Å². The Bertz CT molecular complexity index is 408. The van der Waals surface area contributed by atoms with Crippen LogP contribution in [0.1, 0.15) is 49.6 Å². The van der Waals surface area contributed by atoms with Crippen LogP contribution in [-0.2, 0) is 0 Å².